The zero-order chi connectivity index (χ0) is 13.5. The molecule has 0 aromatic carbocycles. The number of hydrogen-bond donors (Lipinski definition) is 1. The summed E-state index contributed by atoms with van der Waals surface area (Å²) in [6.45, 7) is 2.22. The first-order valence-electron chi connectivity index (χ1n) is 7.33. The van der Waals surface area contributed by atoms with Gasteiger partial charge in [0.2, 0.25) is 5.95 Å². The fourth-order valence-corrected chi connectivity index (χ4v) is 3.79. The minimum Gasteiger partial charge on any atom is -0.335 e. The Kier molecular flexibility index (Phi) is 3.15. The molecule has 106 valence electrons. The van der Waals surface area contributed by atoms with Crippen LogP contribution in [0.3, 0.4) is 0 Å². The Hall–Kier alpha value is -1.14. The molecule has 0 bridgehead atoms. The molecule has 0 amide bonds. The van der Waals surface area contributed by atoms with Gasteiger partial charge in [0.05, 0.1) is 0 Å². The molecule has 2 atom stereocenters. The summed E-state index contributed by atoms with van der Waals surface area (Å²) in [6, 6.07) is 5.17. The number of rotatable bonds is 2. The predicted octanol–water partition coefficient (Wildman–Crippen LogP) is 2.21. The van der Waals surface area contributed by atoms with E-state index in [9.17, 15) is 0 Å². The maximum Gasteiger partial charge on any atom is 0.245 e. The summed E-state index contributed by atoms with van der Waals surface area (Å²) in [7, 11) is 0. The quantitative estimate of drug-likeness (QED) is 0.913. The molecular formula is C14H18BrN5. The van der Waals surface area contributed by atoms with Crippen molar-refractivity contribution in [3.63, 3.8) is 0 Å². The van der Waals surface area contributed by atoms with Crippen LogP contribution >= 0.6 is 15.9 Å². The second-order valence-electron chi connectivity index (χ2n) is 5.67. The highest BCUT2D eigenvalue weighted by atomic mass is 79.9. The van der Waals surface area contributed by atoms with Crippen molar-refractivity contribution < 1.29 is 0 Å². The molecule has 4 rings (SSSR count). The van der Waals surface area contributed by atoms with Crippen LogP contribution in [0.15, 0.2) is 22.8 Å². The molecule has 6 heteroatoms. The third kappa shape index (κ3) is 2.11. The van der Waals surface area contributed by atoms with Crippen LogP contribution < -0.4 is 10.2 Å². The molecule has 2 saturated heterocycles. The Morgan fingerprint density at radius 2 is 2.20 bits per heavy atom. The number of hydrogen-bond acceptors (Lipinski definition) is 4. The molecule has 0 saturated carbocycles. The Labute approximate surface area is 126 Å². The molecule has 5 nitrogen and oxygen atoms in total. The van der Waals surface area contributed by atoms with Gasteiger partial charge in [0, 0.05) is 29.3 Å². The van der Waals surface area contributed by atoms with E-state index >= 15 is 0 Å². The summed E-state index contributed by atoms with van der Waals surface area (Å²) >= 11 is 3.48. The van der Waals surface area contributed by atoms with E-state index in [1.54, 1.807) is 0 Å². The third-order valence-electron chi connectivity index (χ3n) is 4.40. The maximum atomic E-state index is 4.69. The van der Waals surface area contributed by atoms with Crippen LogP contribution in [-0.2, 0) is 0 Å². The van der Waals surface area contributed by atoms with Crippen LogP contribution in [0.1, 0.15) is 25.7 Å². The van der Waals surface area contributed by atoms with Crippen LogP contribution in [0, 0.1) is 0 Å². The molecule has 2 aliphatic heterocycles. The van der Waals surface area contributed by atoms with Gasteiger partial charge in [-0.1, -0.05) is 0 Å². The van der Waals surface area contributed by atoms with E-state index in [1.165, 1.54) is 25.7 Å². The number of halogens is 1. The van der Waals surface area contributed by atoms with Crippen molar-refractivity contribution in [3.05, 3.63) is 22.8 Å². The van der Waals surface area contributed by atoms with E-state index in [0.717, 1.165) is 29.2 Å². The number of aromatic nitrogens is 3. The highest BCUT2D eigenvalue weighted by Crippen LogP contribution is 2.28. The van der Waals surface area contributed by atoms with E-state index in [0.29, 0.717) is 12.1 Å². The summed E-state index contributed by atoms with van der Waals surface area (Å²) in [5, 5.41) is 8.28. The Morgan fingerprint density at radius 3 is 3.05 bits per heavy atom. The van der Waals surface area contributed by atoms with Gasteiger partial charge < -0.3 is 10.2 Å². The first kappa shape index (κ1) is 12.6. The second kappa shape index (κ2) is 5.00. The normalized spacial score (nSPS) is 26.8. The summed E-state index contributed by atoms with van der Waals surface area (Å²) in [4.78, 5) is 7.08. The fraction of sp³-hybridized carbons (Fsp3) is 0.571. The summed E-state index contributed by atoms with van der Waals surface area (Å²) in [5.74, 6) is 0.874. The standard InChI is InChI=1S/C14H18BrN5/c15-10-5-6-13-17-14(18-20(13)9-10)19-8-2-4-12(19)11-3-1-7-16-11/h5-6,9,11-12,16H,1-4,7-8H2. The average molecular weight is 336 g/mol. The van der Waals surface area contributed by atoms with E-state index in [4.69, 9.17) is 0 Å². The first-order valence-corrected chi connectivity index (χ1v) is 8.12. The number of anilines is 1. The molecule has 2 aliphatic rings. The smallest absolute Gasteiger partial charge is 0.245 e. The minimum atomic E-state index is 0.554. The van der Waals surface area contributed by atoms with Gasteiger partial charge in [0.1, 0.15) is 0 Å². The number of nitrogens with one attached hydrogen (secondary N) is 1. The molecule has 2 aromatic heterocycles. The highest BCUT2D eigenvalue weighted by Gasteiger charge is 2.35. The SMILES string of the molecule is Brc1ccc2nc(N3CCCC3C3CCCN3)nn2c1. The van der Waals surface area contributed by atoms with Gasteiger partial charge in [-0.05, 0) is 60.3 Å². The molecule has 2 unspecified atom stereocenters. The topological polar surface area (TPSA) is 45.5 Å². The lowest BCUT2D eigenvalue weighted by atomic mass is 10.0. The van der Waals surface area contributed by atoms with Crippen LogP contribution in [0.2, 0.25) is 0 Å². The van der Waals surface area contributed by atoms with Crippen molar-refractivity contribution in [2.24, 2.45) is 0 Å². The lowest BCUT2D eigenvalue weighted by Gasteiger charge is -2.28. The minimum absolute atomic E-state index is 0.554. The van der Waals surface area contributed by atoms with Gasteiger partial charge in [0.25, 0.3) is 0 Å². The lowest BCUT2D eigenvalue weighted by molar-refractivity contribution is 0.479. The Bertz CT molecular complexity index is 619. The first-order chi connectivity index (χ1) is 9.81. The molecule has 2 aromatic rings. The van der Waals surface area contributed by atoms with Crippen molar-refractivity contribution in [2.45, 2.75) is 37.8 Å². The van der Waals surface area contributed by atoms with Gasteiger partial charge in [-0.2, -0.15) is 4.98 Å². The predicted molar refractivity (Wildman–Crippen MR) is 82.1 cm³/mol. The molecular weight excluding hydrogens is 318 g/mol. The third-order valence-corrected chi connectivity index (χ3v) is 4.87. The van der Waals surface area contributed by atoms with Crippen LogP contribution in [0.5, 0.6) is 0 Å². The van der Waals surface area contributed by atoms with Crippen LogP contribution in [0.4, 0.5) is 5.95 Å². The van der Waals surface area contributed by atoms with Gasteiger partial charge in [-0.25, -0.2) is 4.52 Å². The summed E-state index contributed by atoms with van der Waals surface area (Å²) in [6.07, 6.45) is 7.02. The summed E-state index contributed by atoms with van der Waals surface area (Å²) in [5.41, 5.74) is 0.910. The zero-order valence-corrected chi connectivity index (χ0v) is 12.9. The molecule has 0 aliphatic carbocycles. The van der Waals surface area contributed by atoms with Crippen molar-refractivity contribution in [1.29, 1.82) is 0 Å². The van der Waals surface area contributed by atoms with Gasteiger partial charge in [-0.3, -0.25) is 0 Å². The number of pyridine rings is 1. The molecule has 0 radical (unpaired) electrons. The van der Waals surface area contributed by atoms with Gasteiger partial charge >= 0.3 is 0 Å². The number of nitrogens with zero attached hydrogens (tertiary/aromatic N) is 4. The molecule has 4 heterocycles. The number of fused-ring (bicyclic) bond motifs is 1. The molecule has 0 spiro atoms. The van der Waals surface area contributed by atoms with Gasteiger partial charge in [0.15, 0.2) is 5.65 Å². The summed E-state index contributed by atoms with van der Waals surface area (Å²) < 4.78 is 2.88. The Morgan fingerprint density at radius 1 is 1.25 bits per heavy atom. The Balaban J connectivity index is 1.66. The fourth-order valence-electron chi connectivity index (χ4n) is 3.47. The van der Waals surface area contributed by atoms with E-state index in [-0.39, 0.29) is 0 Å². The maximum absolute atomic E-state index is 4.69. The second-order valence-corrected chi connectivity index (χ2v) is 6.58. The van der Waals surface area contributed by atoms with E-state index in [2.05, 4.69) is 36.2 Å². The zero-order valence-electron chi connectivity index (χ0n) is 11.3. The van der Waals surface area contributed by atoms with E-state index < -0.39 is 0 Å². The average Bonchev–Trinajstić information content (AvgIpc) is 3.17. The molecule has 2 fully saturated rings. The largest absolute Gasteiger partial charge is 0.335 e. The van der Waals surface area contributed by atoms with Crippen molar-refractivity contribution in [3.8, 4) is 0 Å². The van der Waals surface area contributed by atoms with Gasteiger partial charge in [-0.15, -0.1) is 5.10 Å². The van der Waals surface area contributed by atoms with E-state index in [1.807, 2.05) is 22.8 Å². The molecule has 1 N–H and O–H groups in total. The van der Waals surface area contributed by atoms with Crippen molar-refractivity contribution in [1.82, 2.24) is 19.9 Å². The monoisotopic (exact) mass is 335 g/mol. The van der Waals surface area contributed by atoms with Crippen molar-refractivity contribution >= 4 is 27.5 Å². The van der Waals surface area contributed by atoms with Crippen molar-refractivity contribution in [2.75, 3.05) is 18.0 Å². The molecule has 20 heavy (non-hydrogen) atoms. The highest BCUT2D eigenvalue weighted by molar-refractivity contribution is 9.10. The lowest BCUT2D eigenvalue weighted by Crippen LogP contribution is -2.44. The van der Waals surface area contributed by atoms with Crippen LogP contribution in [-0.4, -0.2) is 39.8 Å². The van der Waals surface area contributed by atoms with Crippen LogP contribution in [0.25, 0.3) is 5.65 Å².